The van der Waals surface area contributed by atoms with E-state index in [9.17, 15) is 14.3 Å². The molecule has 0 radical (unpaired) electrons. The van der Waals surface area contributed by atoms with Crippen molar-refractivity contribution in [2.24, 2.45) is 5.92 Å². The minimum atomic E-state index is -0.321. The molecule has 0 saturated heterocycles. The van der Waals surface area contributed by atoms with Crippen LogP contribution in [0.2, 0.25) is 0 Å². The maximum Gasteiger partial charge on any atom is 0.244 e. The molecule has 1 aliphatic rings. The third-order valence-electron chi connectivity index (χ3n) is 3.68. The number of nitrogens with one attached hydrogen (secondary N) is 1. The Hall–Kier alpha value is -1.68. The molecule has 4 heteroatoms. The molecule has 2 N–H and O–H groups in total. The van der Waals surface area contributed by atoms with Crippen LogP contribution in [0.25, 0.3) is 6.08 Å². The Morgan fingerprint density at radius 2 is 2.20 bits per heavy atom. The highest BCUT2D eigenvalue weighted by atomic mass is 19.1. The second-order valence-electron chi connectivity index (χ2n) is 5.25. The number of carbonyl (C=O) groups is 1. The standard InChI is InChI=1S/C16H20FNO2/c17-14-6-3-4-12(10-14)8-9-16(20)18-11-13-5-1-2-7-15(13)19/h3-4,6,8-10,13,15,19H,1-2,5,7,11H2,(H,18,20). The molecule has 0 heterocycles. The summed E-state index contributed by atoms with van der Waals surface area (Å²) in [6.07, 6.45) is 6.60. The van der Waals surface area contributed by atoms with Gasteiger partial charge in [0.05, 0.1) is 6.10 Å². The summed E-state index contributed by atoms with van der Waals surface area (Å²) in [6, 6.07) is 6.07. The molecule has 2 unspecified atom stereocenters. The minimum Gasteiger partial charge on any atom is -0.393 e. The van der Waals surface area contributed by atoms with E-state index in [4.69, 9.17) is 0 Å². The quantitative estimate of drug-likeness (QED) is 0.831. The first kappa shape index (κ1) is 14.7. The highest BCUT2D eigenvalue weighted by molar-refractivity contribution is 5.91. The zero-order valence-electron chi connectivity index (χ0n) is 11.4. The molecule has 1 aromatic carbocycles. The summed E-state index contributed by atoms with van der Waals surface area (Å²) < 4.78 is 13.0. The summed E-state index contributed by atoms with van der Waals surface area (Å²) in [5, 5.41) is 12.6. The molecular formula is C16H20FNO2. The Morgan fingerprint density at radius 3 is 2.95 bits per heavy atom. The minimum absolute atomic E-state index is 0.148. The maximum absolute atomic E-state index is 13.0. The van der Waals surface area contributed by atoms with Gasteiger partial charge < -0.3 is 10.4 Å². The molecule has 0 bridgehead atoms. The van der Waals surface area contributed by atoms with Crippen molar-refractivity contribution in [2.75, 3.05) is 6.54 Å². The molecule has 2 rings (SSSR count). The summed E-state index contributed by atoms with van der Waals surface area (Å²) in [6.45, 7) is 0.494. The predicted molar refractivity (Wildman–Crippen MR) is 76.4 cm³/mol. The fourth-order valence-electron chi connectivity index (χ4n) is 2.50. The van der Waals surface area contributed by atoms with E-state index in [0.29, 0.717) is 12.1 Å². The first-order valence-corrected chi connectivity index (χ1v) is 7.04. The molecule has 2 atom stereocenters. The smallest absolute Gasteiger partial charge is 0.244 e. The van der Waals surface area contributed by atoms with Gasteiger partial charge in [0.1, 0.15) is 5.82 Å². The third kappa shape index (κ3) is 4.46. The topological polar surface area (TPSA) is 49.3 Å². The molecule has 1 amide bonds. The Morgan fingerprint density at radius 1 is 1.40 bits per heavy atom. The van der Waals surface area contributed by atoms with E-state index in [1.165, 1.54) is 18.2 Å². The second kappa shape index (κ2) is 7.20. The van der Waals surface area contributed by atoms with Gasteiger partial charge in [0, 0.05) is 18.5 Å². The van der Waals surface area contributed by atoms with E-state index in [2.05, 4.69) is 5.32 Å². The molecule has 1 saturated carbocycles. The van der Waals surface area contributed by atoms with E-state index < -0.39 is 0 Å². The number of rotatable bonds is 4. The average Bonchev–Trinajstić information content (AvgIpc) is 2.44. The lowest BCUT2D eigenvalue weighted by atomic mass is 9.86. The van der Waals surface area contributed by atoms with Crippen molar-refractivity contribution in [3.05, 3.63) is 41.7 Å². The van der Waals surface area contributed by atoms with Crippen molar-refractivity contribution >= 4 is 12.0 Å². The molecule has 3 nitrogen and oxygen atoms in total. The zero-order chi connectivity index (χ0) is 14.4. The highest BCUT2D eigenvalue weighted by Gasteiger charge is 2.22. The normalized spacial score (nSPS) is 22.9. The first-order valence-electron chi connectivity index (χ1n) is 7.04. The van der Waals surface area contributed by atoms with Gasteiger partial charge >= 0.3 is 0 Å². The van der Waals surface area contributed by atoms with Crippen molar-refractivity contribution in [3.8, 4) is 0 Å². The number of halogens is 1. The van der Waals surface area contributed by atoms with Gasteiger partial charge in [0.25, 0.3) is 0 Å². The number of aliphatic hydroxyl groups excluding tert-OH is 1. The average molecular weight is 277 g/mol. The zero-order valence-corrected chi connectivity index (χ0v) is 11.4. The largest absolute Gasteiger partial charge is 0.393 e. The third-order valence-corrected chi connectivity index (χ3v) is 3.68. The van der Waals surface area contributed by atoms with E-state index in [-0.39, 0.29) is 23.7 Å². The van der Waals surface area contributed by atoms with Gasteiger partial charge in [0.2, 0.25) is 5.91 Å². The molecular weight excluding hydrogens is 257 g/mol. The summed E-state index contributed by atoms with van der Waals surface area (Å²) in [5.74, 6) is -0.389. The molecule has 1 fully saturated rings. The number of hydrogen-bond donors (Lipinski definition) is 2. The van der Waals surface area contributed by atoms with Crippen LogP contribution in [0.3, 0.4) is 0 Å². The van der Waals surface area contributed by atoms with Crippen molar-refractivity contribution in [1.82, 2.24) is 5.32 Å². The molecule has 0 aliphatic heterocycles. The van der Waals surface area contributed by atoms with Gasteiger partial charge in [-0.1, -0.05) is 25.0 Å². The van der Waals surface area contributed by atoms with E-state index >= 15 is 0 Å². The number of aliphatic hydroxyl groups is 1. The molecule has 20 heavy (non-hydrogen) atoms. The first-order chi connectivity index (χ1) is 9.65. The SMILES string of the molecule is O=C(C=Cc1cccc(F)c1)NCC1CCCCC1O. The lowest BCUT2D eigenvalue weighted by Crippen LogP contribution is -2.36. The van der Waals surface area contributed by atoms with Gasteiger partial charge in [-0.15, -0.1) is 0 Å². The van der Waals surface area contributed by atoms with Gasteiger partial charge in [-0.3, -0.25) is 4.79 Å². The number of carbonyl (C=O) groups excluding carboxylic acids is 1. The van der Waals surface area contributed by atoms with Crippen molar-refractivity contribution in [3.63, 3.8) is 0 Å². The van der Waals surface area contributed by atoms with Crippen LogP contribution >= 0.6 is 0 Å². The Bertz CT molecular complexity index is 487. The second-order valence-corrected chi connectivity index (χ2v) is 5.25. The maximum atomic E-state index is 13.0. The van der Waals surface area contributed by atoms with Crippen LogP contribution in [0.5, 0.6) is 0 Å². The van der Waals surface area contributed by atoms with Crippen LogP contribution < -0.4 is 5.32 Å². The van der Waals surface area contributed by atoms with E-state index in [1.54, 1.807) is 18.2 Å². The summed E-state index contributed by atoms with van der Waals surface area (Å²) >= 11 is 0. The van der Waals surface area contributed by atoms with Gasteiger partial charge in [-0.25, -0.2) is 4.39 Å². The van der Waals surface area contributed by atoms with Crippen LogP contribution in [0, 0.1) is 11.7 Å². The van der Waals surface area contributed by atoms with Crippen LogP contribution in [0.15, 0.2) is 30.3 Å². The van der Waals surface area contributed by atoms with Crippen molar-refractivity contribution in [2.45, 2.75) is 31.8 Å². The van der Waals surface area contributed by atoms with Gasteiger partial charge in [0.15, 0.2) is 0 Å². The lowest BCUT2D eigenvalue weighted by molar-refractivity contribution is -0.116. The molecule has 0 aromatic heterocycles. The molecule has 1 aromatic rings. The fraction of sp³-hybridized carbons (Fsp3) is 0.438. The van der Waals surface area contributed by atoms with Crippen LogP contribution in [0.1, 0.15) is 31.2 Å². The number of hydrogen-bond acceptors (Lipinski definition) is 2. The van der Waals surface area contributed by atoms with Gasteiger partial charge in [-0.2, -0.15) is 0 Å². The highest BCUT2D eigenvalue weighted by Crippen LogP contribution is 2.23. The fourth-order valence-corrected chi connectivity index (χ4v) is 2.50. The molecule has 1 aliphatic carbocycles. The van der Waals surface area contributed by atoms with E-state index in [0.717, 1.165) is 25.7 Å². The summed E-state index contributed by atoms with van der Waals surface area (Å²) in [7, 11) is 0. The Kier molecular flexibility index (Phi) is 5.30. The van der Waals surface area contributed by atoms with Crippen LogP contribution in [-0.4, -0.2) is 23.7 Å². The number of benzene rings is 1. The van der Waals surface area contributed by atoms with Crippen LogP contribution in [0.4, 0.5) is 4.39 Å². The van der Waals surface area contributed by atoms with Gasteiger partial charge in [-0.05, 0) is 36.6 Å². The lowest BCUT2D eigenvalue weighted by Gasteiger charge is -2.27. The summed E-state index contributed by atoms with van der Waals surface area (Å²) in [5.41, 5.74) is 0.651. The van der Waals surface area contributed by atoms with Crippen LogP contribution in [-0.2, 0) is 4.79 Å². The molecule has 0 spiro atoms. The number of amides is 1. The van der Waals surface area contributed by atoms with Crippen molar-refractivity contribution < 1.29 is 14.3 Å². The van der Waals surface area contributed by atoms with E-state index in [1.807, 2.05) is 0 Å². The Balaban J connectivity index is 1.80. The summed E-state index contributed by atoms with van der Waals surface area (Å²) in [4.78, 5) is 11.7. The Labute approximate surface area is 118 Å². The molecule has 108 valence electrons. The monoisotopic (exact) mass is 277 g/mol. The van der Waals surface area contributed by atoms with Crippen molar-refractivity contribution in [1.29, 1.82) is 0 Å². The predicted octanol–water partition coefficient (Wildman–Crippen LogP) is 2.51.